The van der Waals surface area contributed by atoms with Gasteiger partial charge < -0.3 is 15.6 Å². The number of hydrogen-bond acceptors (Lipinski definition) is 2. The Balaban J connectivity index is 1.97. The molecule has 5 heteroatoms. The third-order valence-corrected chi connectivity index (χ3v) is 3.25. The van der Waals surface area contributed by atoms with E-state index in [2.05, 4.69) is 38.1 Å². The molecule has 3 N–H and O–H groups in total. The molecule has 1 fully saturated rings. The van der Waals surface area contributed by atoms with Crippen LogP contribution in [0.15, 0.2) is 29.3 Å². The Bertz CT molecular complexity index is 594. The number of guanidine groups is 1. The van der Waals surface area contributed by atoms with Crippen molar-refractivity contribution in [1.29, 1.82) is 0 Å². The third kappa shape index (κ3) is 1.92. The van der Waals surface area contributed by atoms with E-state index in [1.54, 1.807) is 7.05 Å². The lowest BCUT2D eigenvalue weighted by Gasteiger charge is -2.08. The van der Waals surface area contributed by atoms with E-state index >= 15 is 0 Å². The van der Waals surface area contributed by atoms with Gasteiger partial charge in [-0.05, 0) is 25.0 Å². The van der Waals surface area contributed by atoms with Crippen molar-refractivity contribution in [2.75, 3.05) is 7.05 Å². The number of nitrogens with one attached hydrogen (secondary N) is 1. The van der Waals surface area contributed by atoms with Gasteiger partial charge in [-0.1, -0.05) is 12.1 Å². The Morgan fingerprint density at radius 2 is 2.28 bits per heavy atom. The maximum atomic E-state index is 5.66. The molecule has 1 saturated carbocycles. The van der Waals surface area contributed by atoms with Crippen molar-refractivity contribution in [3.8, 4) is 0 Å². The van der Waals surface area contributed by atoms with Crippen LogP contribution >= 0.6 is 0 Å². The number of nitrogens with two attached hydrogens (primary N) is 1. The molecule has 0 aliphatic heterocycles. The number of para-hydroxylation sites is 2. The molecule has 18 heavy (non-hydrogen) atoms. The van der Waals surface area contributed by atoms with Gasteiger partial charge in [-0.25, -0.2) is 4.98 Å². The molecule has 1 aliphatic rings. The van der Waals surface area contributed by atoms with Crippen molar-refractivity contribution in [2.45, 2.75) is 25.4 Å². The molecule has 0 saturated heterocycles. The first-order chi connectivity index (χ1) is 8.79. The number of nitrogens with zero attached hydrogens (tertiary/aromatic N) is 3. The number of fused-ring (bicyclic) bond motifs is 1. The van der Waals surface area contributed by atoms with E-state index in [-0.39, 0.29) is 0 Å². The van der Waals surface area contributed by atoms with Crippen LogP contribution in [0.3, 0.4) is 0 Å². The Morgan fingerprint density at radius 3 is 3.00 bits per heavy atom. The summed E-state index contributed by atoms with van der Waals surface area (Å²) in [4.78, 5) is 8.56. The molecule has 1 heterocycles. The Hall–Kier alpha value is -2.04. The van der Waals surface area contributed by atoms with Gasteiger partial charge in [-0.2, -0.15) is 0 Å². The van der Waals surface area contributed by atoms with Crippen LogP contribution < -0.4 is 11.1 Å². The zero-order valence-corrected chi connectivity index (χ0v) is 10.4. The van der Waals surface area contributed by atoms with E-state index in [1.807, 2.05) is 6.07 Å². The van der Waals surface area contributed by atoms with E-state index in [0.717, 1.165) is 11.3 Å². The highest BCUT2D eigenvalue weighted by Crippen LogP contribution is 2.38. The summed E-state index contributed by atoms with van der Waals surface area (Å²) in [6.45, 7) is 0.619. The number of aromatic nitrogens is 2. The molecule has 1 aromatic heterocycles. The standard InChI is InChI=1S/C13H17N5/c1-15-13(14)16-8-12-17-10-4-2-3-5-11(10)18(12)9-6-7-9/h2-5,9H,6-8H2,1H3,(H3,14,15,16). The fraction of sp³-hybridized carbons (Fsp3) is 0.385. The molecule has 3 rings (SSSR count). The first-order valence-corrected chi connectivity index (χ1v) is 6.21. The van der Waals surface area contributed by atoms with Crippen molar-refractivity contribution in [2.24, 2.45) is 10.7 Å². The predicted octanol–water partition coefficient (Wildman–Crippen LogP) is 1.41. The van der Waals surface area contributed by atoms with E-state index in [9.17, 15) is 0 Å². The predicted molar refractivity (Wildman–Crippen MR) is 72.4 cm³/mol. The molecule has 1 aromatic carbocycles. The molecular weight excluding hydrogens is 226 g/mol. The summed E-state index contributed by atoms with van der Waals surface area (Å²) < 4.78 is 2.32. The zero-order valence-electron chi connectivity index (χ0n) is 10.4. The van der Waals surface area contributed by atoms with Gasteiger partial charge in [0.25, 0.3) is 0 Å². The van der Waals surface area contributed by atoms with Crippen molar-refractivity contribution in [1.82, 2.24) is 14.9 Å². The minimum absolute atomic E-state index is 0.449. The minimum atomic E-state index is 0.449. The number of imidazole rings is 1. The molecule has 0 bridgehead atoms. The fourth-order valence-corrected chi connectivity index (χ4v) is 2.21. The van der Waals surface area contributed by atoms with Gasteiger partial charge in [0.15, 0.2) is 5.96 Å². The van der Waals surface area contributed by atoms with Crippen LogP contribution in [-0.4, -0.2) is 22.6 Å². The molecule has 0 amide bonds. The summed E-state index contributed by atoms with van der Waals surface area (Å²) in [6, 6.07) is 8.86. The Labute approximate surface area is 106 Å². The Kier molecular flexibility index (Phi) is 2.66. The normalized spacial score (nSPS) is 16.2. The average Bonchev–Trinajstić information content (AvgIpc) is 3.16. The number of aliphatic imine (C=N–C) groups is 1. The van der Waals surface area contributed by atoms with E-state index < -0.39 is 0 Å². The molecule has 0 spiro atoms. The van der Waals surface area contributed by atoms with Crippen LogP contribution in [0.1, 0.15) is 24.7 Å². The summed E-state index contributed by atoms with van der Waals surface area (Å²) >= 11 is 0. The van der Waals surface area contributed by atoms with Crippen molar-refractivity contribution in [3.05, 3.63) is 30.1 Å². The van der Waals surface area contributed by atoms with Crippen LogP contribution in [0.2, 0.25) is 0 Å². The maximum Gasteiger partial charge on any atom is 0.188 e. The van der Waals surface area contributed by atoms with Gasteiger partial charge in [0.05, 0.1) is 17.6 Å². The summed E-state index contributed by atoms with van der Waals surface area (Å²) in [6.07, 6.45) is 2.48. The number of rotatable bonds is 3. The lowest BCUT2D eigenvalue weighted by molar-refractivity contribution is 0.679. The first kappa shape index (κ1) is 11.1. The van der Waals surface area contributed by atoms with Gasteiger partial charge in [-0.15, -0.1) is 0 Å². The maximum absolute atomic E-state index is 5.66. The van der Waals surface area contributed by atoms with Crippen molar-refractivity contribution < 1.29 is 0 Å². The zero-order chi connectivity index (χ0) is 12.5. The molecular formula is C13H17N5. The monoisotopic (exact) mass is 243 g/mol. The van der Waals surface area contributed by atoms with E-state index in [1.165, 1.54) is 18.4 Å². The highest BCUT2D eigenvalue weighted by Gasteiger charge is 2.27. The highest BCUT2D eigenvalue weighted by atomic mass is 15.2. The Morgan fingerprint density at radius 1 is 1.50 bits per heavy atom. The van der Waals surface area contributed by atoms with E-state index in [0.29, 0.717) is 18.5 Å². The average molecular weight is 243 g/mol. The van der Waals surface area contributed by atoms with Gasteiger partial charge in [-0.3, -0.25) is 4.99 Å². The van der Waals surface area contributed by atoms with Gasteiger partial charge in [0.2, 0.25) is 0 Å². The second-order valence-electron chi connectivity index (χ2n) is 4.58. The molecule has 94 valence electrons. The summed E-state index contributed by atoms with van der Waals surface area (Å²) in [5.74, 6) is 1.48. The van der Waals surface area contributed by atoms with Crippen LogP contribution in [0, 0.1) is 0 Å². The van der Waals surface area contributed by atoms with E-state index in [4.69, 9.17) is 5.73 Å². The SMILES string of the molecule is CN=C(N)NCc1nc2ccccc2n1C1CC1. The van der Waals surface area contributed by atoms with Crippen LogP contribution in [0.25, 0.3) is 11.0 Å². The second kappa shape index (κ2) is 4.33. The summed E-state index contributed by atoms with van der Waals surface area (Å²) in [5, 5.41) is 3.08. The smallest absolute Gasteiger partial charge is 0.188 e. The topological polar surface area (TPSA) is 68.2 Å². The summed E-state index contributed by atoms with van der Waals surface area (Å²) in [5.41, 5.74) is 7.92. The molecule has 0 unspecified atom stereocenters. The lowest BCUT2D eigenvalue weighted by Crippen LogP contribution is -2.31. The third-order valence-electron chi connectivity index (χ3n) is 3.25. The molecule has 1 aliphatic carbocycles. The number of hydrogen-bond donors (Lipinski definition) is 2. The van der Waals surface area contributed by atoms with Gasteiger partial charge in [0, 0.05) is 13.1 Å². The lowest BCUT2D eigenvalue weighted by atomic mass is 10.3. The fourth-order valence-electron chi connectivity index (χ4n) is 2.21. The summed E-state index contributed by atoms with van der Waals surface area (Å²) in [7, 11) is 1.67. The quantitative estimate of drug-likeness (QED) is 0.632. The molecule has 5 nitrogen and oxygen atoms in total. The van der Waals surface area contributed by atoms with Gasteiger partial charge in [0.1, 0.15) is 5.82 Å². The van der Waals surface area contributed by atoms with Crippen LogP contribution in [0.4, 0.5) is 0 Å². The highest BCUT2D eigenvalue weighted by molar-refractivity contribution is 5.78. The van der Waals surface area contributed by atoms with Crippen LogP contribution in [0.5, 0.6) is 0 Å². The molecule has 2 aromatic rings. The minimum Gasteiger partial charge on any atom is -0.370 e. The van der Waals surface area contributed by atoms with Gasteiger partial charge >= 0.3 is 0 Å². The first-order valence-electron chi connectivity index (χ1n) is 6.21. The molecule has 0 atom stereocenters. The number of benzene rings is 1. The largest absolute Gasteiger partial charge is 0.370 e. The van der Waals surface area contributed by atoms with Crippen LogP contribution in [-0.2, 0) is 6.54 Å². The van der Waals surface area contributed by atoms with Crippen molar-refractivity contribution >= 4 is 17.0 Å². The second-order valence-corrected chi connectivity index (χ2v) is 4.58. The molecule has 0 radical (unpaired) electrons. The van der Waals surface area contributed by atoms with Crippen molar-refractivity contribution in [3.63, 3.8) is 0 Å².